The molecule has 0 aliphatic carbocycles. The first-order valence-electron chi connectivity index (χ1n) is 12.3. The van der Waals surface area contributed by atoms with Crippen molar-refractivity contribution in [3.05, 3.63) is 29.8 Å². The third-order valence-electron chi connectivity index (χ3n) is 7.35. The fraction of sp³-hybridized carbons (Fsp3) is 0.640. The summed E-state index contributed by atoms with van der Waals surface area (Å²) in [5.74, 6) is 0.957. The number of methoxy groups -OCH3 is 1. The lowest BCUT2D eigenvalue weighted by molar-refractivity contribution is -0.127. The fourth-order valence-electron chi connectivity index (χ4n) is 5.55. The van der Waals surface area contributed by atoms with Crippen molar-refractivity contribution in [1.82, 2.24) is 20.4 Å². The molecule has 3 aliphatic heterocycles. The summed E-state index contributed by atoms with van der Waals surface area (Å²) in [5.41, 5.74) is 0.947. The lowest BCUT2D eigenvalue weighted by Gasteiger charge is -2.44. The molecule has 3 heterocycles. The first-order chi connectivity index (χ1) is 16.1. The Labute approximate surface area is 196 Å². The maximum atomic E-state index is 12.7. The van der Waals surface area contributed by atoms with Crippen molar-refractivity contribution in [3.63, 3.8) is 0 Å². The molecule has 3 aliphatic rings. The summed E-state index contributed by atoms with van der Waals surface area (Å²) < 4.78 is 5.35. The van der Waals surface area contributed by atoms with Gasteiger partial charge in [-0.3, -0.25) is 14.5 Å². The number of fused-ring (bicyclic) bond motifs is 1. The predicted octanol–water partition coefficient (Wildman–Crippen LogP) is 2.32. The van der Waals surface area contributed by atoms with Gasteiger partial charge in [0.15, 0.2) is 0 Å². The second-order valence-corrected chi connectivity index (χ2v) is 9.40. The highest BCUT2D eigenvalue weighted by Gasteiger charge is 2.38. The van der Waals surface area contributed by atoms with Crippen LogP contribution in [0.2, 0.25) is 0 Å². The zero-order valence-electron chi connectivity index (χ0n) is 19.6. The lowest BCUT2D eigenvalue weighted by Crippen LogP contribution is -2.51. The number of imide groups is 1. The van der Waals surface area contributed by atoms with E-state index in [-0.39, 0.29) is 30.8 Å². The fourth-order valence-corrected chi connectivity index (χ4v) is 5.55. The van der Waals surface area contributed by atoms with E-state index < -0.39 is 6.04 Å². The summed E-state index contributed by atoms with van der Waals surface area (Å²) in [6.45, 7) is 3.36. The summed E-state index contributed by atoms with van der Waals surface area (Å²) >= 11 is 0. The number of para-hydroxylation sites is 1. The second-order valence-electron chi connectivity index (χ2n) is 9.40. The number of piperidine rings is 2. The smallest absolute Gasteiger partial charge is 0.324 e. The van der Waals surface area contributed by atoms with E-state index in [1.807, 2.05) is 24.3 Å². The molecule has 0 unspecified atom stereocenters. The summed E-state index contributed by atoms with van der Waals surface area (Å²) in [6.07, 6.45) is 7.24. The number of nitrogens with zero attached hydrogens (tertiary/aromatic N) is 2. The standard InChI is InChI=1S/C25H36N4O4/c1-33-22-10-3-2-7-18(22)13-16-29-24(31)20(27-25(29)32)11-12-23(30)26-17-19-8-6-15-28-14-5-4-9-21(19)28/h2-3,7,10,19-21H,4-6,8-9,11-17H2,1H3,(H,26,30)(H,27,32)/t19-,20-,21-/m1/s1. The Bertz CT molecular complexity index is 859. The highest BCUT2D eigenvalue weighted by Crippen LogP contribution is 2.30. The molecule has 1 aromatic rings. The van der Waals surface area contributed by atoms with Crippen LogP contribution in [0.3, 0.4) is 0 Å². The van der Waals surface area contributed by atoms with E-state index >= 15 is 0 Å². The average molecular weight is 457 g/mol. The quantitative estimate of drug-likeness (QED) is 0.557. The summed E-state index contributed by atoms with van der Waals surface area (Å²) in [6, 6.07) is 7.16. The minimum atomic E-state index is -0.635. The summed E-state index contributed by atoms with van der Waals surface area (Å²) in [4.78, 5) is 41.4. The van der Waals surface area contributed by atoms with Crippen molar-refractivity contribution < 1.29 is 19.1 Å². The van der Waals surface area contributed by atoms with Crippen molar-refractivity contribution >= 4 is 17.8 Å². The molecular formula is C25H36N4O4. The molecule has 3 saturated heterocycles. The number of urea groups is 1. The normalized spacial score (nSPS) is 25.5. The van der Waals surface area contributed by atoms with Gasteiger partial charge in [0.05, 0.1) is 7.11 Å². The molecule has 3 fully saturated rings. The number of hydrogen-bond donors (Lipinski definition) is 2. The van der Waals surface area contributed by atoms with Crippen molar-refractivity contribution in [1.29, 1.82) is 0 Å². The van der Waals surface area contributed by atoms with Gasteiger partial charge in [-0.1, -0.05) is 24.6 Å². The van der Waals surface area contributed by atoms with Crippen LogP contribution in [0.4, 0.5) is 4.79 Å². The SMILES string of the molecule is COc1ccccc1CCN1C(=O)N[C@H](CCC(=O)NC[C@H]2CCCN3CCCC[C@H]23)C1=O. The first kappa shape index (κ1) is 23.5. The minimum Gasteiger partial charge on any atom is -0.496 e. The molecule has 3 atom stereocenters. The monoisotopic (exact) mass is 456 g/mol. The largest absolute Gasteiger partial charge is 0.496 e. The van der Waals surface area contributed by atoms with Gasteiger partial charge in [0.2, 0.25) is 5.91 Å². The number of rotatable bonds is 9. The molecule has 0 spiro atoms. The van der Waals surface area contributed by atoms with Crippen LogP contribution in [0.1, 0.15) is 50.5 Å². The molecule has 4 amide bonds. The number of ether oxygens (including phenoxy) is 1. The van der Waals surface area contributed by atoms with Crippen molar-refractivity contribution in [2.75, 3.05) is 33.3 Å². The summed E-state index contributed by atoms with van der Waals surface area (Å²) in [5, 5.41) is 5.83. The van der Waals surface area contributed by atoms with E-state index in [0.29, 0.717) is 31.3 Å². The summed E-state index contributed by atoms with van der Waals surface area (Å²) in [7, 11) is 1.60. The molecule has 33 heavy (non-hydrogen) atoms. The average Bonchev–Trinajstić information content (AvgIpc) is 3.12. The van der Waals surface area contributed by atoms with Gasteiger partial charge in [-0.2, -0.15) is 0 Å². The van der Waals surface area contributed by atoms with Crippen molar-refractivity contribution in [2.24, 2.45) is 5.92 Å². The van der Waals surface area contributed by atoms with Crippen LogP contribution in [0.25, 0.3) is 0 Å². The van der Waals surface area contributed by atoms with Gasteiger partial charge in [-0.15, -0.1) is 0 Å². The molecule has 8 nitrogen and oxygen atoms in total. The minimum absolute atomic E-state index is 0.0440. The van der Waals surface area contributed by atoms with Gasteiger partial charge in [-0.05, 0) is 69.2 Å². The number of amides is 4. The van der Waals surface area contributed by atoms with Gasteiger partial charge in [0.25, 0.3) is 5.91 Å². The van der Waals surface area contributed by atoms with Crippen LogP contribution < -0.4 is 15.4 Å². The maximum absolute atomic E-state index is 12.7. The molecule has 0 radical (unpaired) electrons. The van der Waals surface area contributed by atoms with Crippen molar-refractivity contribution in [3.8, 4) is 5.75 Å². The molecule has 0 bridgehead atoms. The van der Waals surface area contributed by atoms with E-state index in [1.54, 1.807) is 7.11 Å². The zero-order chi connectivity index (χ0) is 23.2. The molecule has 0 aromatic heterocycles. The lowest BCUT2D eigenvalue weighted by atomic mass is 9.83. The predicted molar refractivity (Wildman–Crippen MR) is 125 cm³/mol. The van der Waals surface area contributed by atoms with Crippen LogP contribution in [0.5, 0.6) is 5.75 Å². The Hall–Kier alpha value is -2.61. The third-order valence-corrected chi connectivity index (χ3v) is 7.35. The topological polar surface area (TPSA) is 91.0 Å². The van der Waals surface area contributed by atoms with Crippen LogP contribution in [-0.2, 0) is 16.0 Å². The Morgan fingerprint density at radius 2 is 1.97 bits per heavy atom. The zero-order valence-corrected chi connectivity index (χ0v) is 19.6. The Morgan fingerprint density at radius 1 is 1.15 bits per heavy atom. The Balaban J connectivity index is 1.21. The highest BCUT2D eigenvalue weighted by atomic mass is 16.5. The van der Waals surface area contributed by atoms with Crippen LogP contribution in [-0.4, -0.2) is 73.0 Å². The van der Waals surface area contributed by atoms with E-state index in [0.717, 1.165) is 11.3 Å². The highest BCUT2D eigenvalue weighted by molar-refractivity contribution is 6.04. The third kappa shape index (κ3) is 5.66. The molecule has 1 aromatic carbocycles. The number of carbonyl (C=O) groups is 3. The Morgan fingerprint density at radius 3 is 2.82 bits per heavy atom. The van der Waals surface area contributed by atoms with Gasteiger partial charge in [0, 0.05) is 25.6 Å². The van der Waals surface area contributed by atoms with E-state index in [4.69, 9.17) is 4.74 Å². The van der Waals surface area contributed by atoms with E-state index in [9.17, 15) is 14.4 Å². The molecule has 4 rings (SSSR count). The number of carbonyl (C=O) groups excluding carboxylic acids is 3. The molecule has 8 heteroatoms. The molecule has 0 saturated carbocycles. The van der Waals surface area contributed by atoms with Crippen LogP contribution >= 0.6 is 0 Å². The first-order valence-corrected chi connectivity index (χ1v) is 12.3. The van der Waals surface area contributed by atoms with Gasteiger partial charge >= 0.3 is 6.03 Å². The van der Waals surface area contributed by atoms with Gasteiger partial charge in [-0.25, -0.2) is 4.79 Å². The number of benzene rings is 1. The molecular weight excluding hydrogens is 420 g/mol. The number of nitrogens with one attached hydrogen (secondary N) is 2. The number of hydrogen-bond acceptors (Lipinski definition) is 5. The van der Waals surface area contributed by atoms with Crippen LogP contribution in [0, 0.1) is 5.92 Å². The maximum Gasteiger partial charge on any atom is 0.324 e. The Kier molecular flexibility index (Phi) is 7.85. The molecule has 180 valence electrons. The van der Waals surface area contributed by atoms with Crippen molar-refractivity contribution in [2.45, 2.75) is 63.5 Å². The van der Waals surface area contributed by atoms with Crippen LogP contribution in [0.15, 0.2) is 24.3 Å². The van der Waals surface area contributed by atoms with E-state index in [2.05, 4.69) is 15.5 Å². The van der Waals surface area contributed by atoms with Gasteiger partial charge < -0.3 is 20.3 Å². The second kappa shape index (κ2) is 11.0. The van der Waals surface area contributed by atoms with Gasteiger partial charge in [0.1, 0.15) is 11.8 Å². The van der Waals surface area contributed by atoms with E-state index in [1.165, 1.54) is 50.1 Å². The molecule has 2 N–H and O–H groups in total.